The number of methoxy groups -OCH3 is 1. The van der Waals surface area contributed by atoms with Crippen molar-refractivity contribution in [3.63, 3.8) is 0 Å². The molecule has 0 saturated heterocycles. The van der Waals surface area contributed by atoms with Crippen molar-refractivity contribution in [3.05, 3.63) is 0 Å². The van der Waals surface area contributed by atoms with Crippen LogP contribution < -0.4 is 5.32 Å². The zero-order chi connectivity index (χ0) is 13.0. The Hall–Kier alpha value is -0.130. The van der Waals surface area contributed by atoms with Gasteiger partial charge in [-0.1, -0.05) is 19.8 Å². The van der Waals surface area contributed by atoms with Gasteiger partial charge in [0, 0.05) is 13.7 Å². The van der Waals surface area contributed by atoms with E-state index in [1.165, 1.54) is 0 Å². The van der Waals surface area contributed by atoms with Crippen molar-refractivity contribution in [2.24, 2.45) is 0 Å². The molecule has 0 amide bonds. The summed E-state index contributed by atoms with van der Waals surface area (Å²) in [7, 11) is -1.13. The number of rotatable bonds is 12. The monoisotopic (exact) mass is 265 g/mol. The zero-order valence-corrected chi connectivity index (χ0v) is 12.0. The first-order chi connectivity index (χ1) is 8.12. The Morgan fingerprint density at radius 1 is 1.00 bits per heavy atom. The lowest BCUT2D eigenvalue weighted by Crippen LogP contribution is -2.21. The highest BCUT2D eigenvalue weighted by atomic mass is 32.2. The van der Waals surface area contributed by atoms with Crippen molar-refractivity contribution in [3.8, 4) is 0 Å². The van der Waals surface area contributed by atoms with Gasteiger partial charge in [0.1, 0.15) is 9.84 Å². The van der Waals surface area contributed by atoms with Crippen LogP contribution in [-0.4, -0.2) is 46.7 Å². The average Bonchev–Trinajstić information content (AvgIpc) is 2.28. The molecule has 0 radical (unpaired) electrons. The fourth-order valence-corrected chi connectivity index (χ4v) is 3.04. The number of hydrogen-bond acceptors (Lipinski definition) is 4. The third-order valence-electron chi connectivity index (χ3n) is 2.60. The lowest BCUT2D eigenvalue weighted by molar-refractivity contribution is 0.199. The van der Waals surface area contributed by atoms with E-state index in [4.69, 9.17) is 4.74 Å². The highest BCUT2D eigenvalue weighted by molar-refractivity contribution is 7.91. The molecule has 0 aliphatic rings. The summed E-state index contributed by atoms with van der Waals surface area (Å²) < 4.78 is 28.1. The third kappa shape index (κ3) is 12.1. The minimum Gasteiger partial charge on any atom is -0.383 e. The maximum atomic E-state index is 11.6. The quantitative estimate of drug-likeness (QED) is 0.545. The molecule has 0 aromatic heterocycles. The molecule has 5 heteroatoms. The largest absolute Gasteiger partial charge is 0.383 e. The Kier molecular flexibility index (Phi) is 10.9. The van der Waals surface area contributed by atoms with E-state index in [1.54, 1.807) is 7.11 Å². The highest BCUT2D eigenvalue weighted by Gasteiger charge is 2.09. The molecule has 1 N–H and O–H groups in total. The van der Waals surface area contributed by atoms with E-state index < -0.39 is 9.84 Å². The van der Waals surface area contributed by atoms with Gasteiger partial charge >= 0.3 is 0 Å². The van der Waals surface area contributed by atoms with E-state index in [2.05, 4.69) is 12.2 Å². The van der Waals surface area contributed by atoms with E-state index in [0.29, 0.717) is 18.1 Å². The van der Waals surface area contributed by atoms with Crippen LogP contribution >= 0.6 is 0 Å². The molecule has 0 heterocycles. The van der Waals surface area contributed by atoms with Gasteiger partial charge in [-0.15, -0.1) is 0 Å². The van der Waals surface area contributed by atoms with Gasteiger partial charge in [0.25, 0.3) is 0 Å². The topological polar surface area (TPSA) is 55.4 Å². The Morgan fingerprint density at radius 2 is 1.65 bits per heavy atom. The van der Waals surface area contributed by atoms with Gasteiger partial charge in [0.2, 0.25) is 0 Å². The molecule has 0 saturated carbocycles. The molecule has 0 bridgehead atoms. The molecule has 104 valence electrons. The minimum absolute atomic E-state index is 0.336. The third-order valence-corrected chi connectivity index (χ3v) is 4.42. The lowest BCUT2D eigenvalue weighted by atomic mass is 10.3. The van der Waals surface area contributed by atoms with Crippen molar-refractivity contribution < 1.29 is 13.2 Å². The summed E-state index contributed by atoms with van der Waals surface area (Å²) in [6.45, 7) is 4.49. The molecular weight excluding hydrogens is 238 g/mol. The molecule has 0 spiro atoms. The molecule has 0 unspecified atom stereocenters. The van der Waals surface area contributed by atoms with E-state index in [9.17, 15) is 8.42 Å². The highest BCUT2D eigenvalue weighted by Crippen LogP contribution is 2.02. The number of ether oxygens (including phenoxy) is 1. The number of sulfone groups is 1. The summed E-state index contributed by atoms with van der Waals surface area (Å²) in [6, 6.07) is 0. The van der Waals surface area contributed by atoms with Crippen molar-refractivity contribution >= 4 is 9.84 Å². The predicted octanol–water partition coefficient (Wildman–Crippen LogP) is 1.61. The van der Waals surface area contributed by atoms with Crippen molar-refractivity contribution in [1.82, 2.24) is 5.32 Å². The summed E-state index contributed by atoms with van der Waals surface area (Å²) in [5.41, 5.74) is 0. The molecule has 0 aliphatic carbocycles. The molecule has 0 rings (SSSR count). The van der Waals surface area contributed by atoms with Crippen LogP contribution in [0.15, 0.2) is 0 Å². The van der Waals surface area contributed by atoms with Crippen molar-refractivity contribution in [2.45, 2.75) is 39.0 Å². The number of unbranched alkanes of at least 4 members (excludes halogenated alkanes) is 3. The Labute approximate surface area is 106 Å². The summed E-state index contributed by atoms with van der Waals surface area (Å²) in [5.74, 6) is 0.695. The second-order valence-electron chi connectivity index (χ2n) is 4.31. The van der Waals surface area contributed by atoms with Gasteiger partial charge < -0.3 is 10.1 Å². The van der Waals surface area contributed by atoms with Crippen LogP contribution in [0.4, 0.5) is 0 Å². The van der Waals surface area contributed by atoms with Crippen molar-refractivity contribution in [1.29, 1.82) is 0 Å². The lowest BCUT2D eigenvalue weighted by Gasteiger charge is -2.05. The standard InChI is InChI=1S/C12H27NO3S/c1-3-4-6-11-17(14,15)12-7-5-8-13-9-10-16-2/h13H,3-12H2,1-2H3. The van der Waals surface area contributed by atoms with Crippen LogP contribution in [0, 0.1) is 0 Å². The van der Waals surface area contributed by atoms with Crippen LogP contribution in [0.25, 0.3) is 0 Å². The van der Waals surface area contributed by atoms with Gasteiger partial charge in [-0.3, -0.25) is 0 Å². The summed E-state index contributed by atoms with van der Waals surface area (Å²) in [4.78, 5) is 0. The van der Waals surface area contributed by atoms with E-state index in [-0.39, 0.29) is 0 Å². The smallest absolute Gasteiger partial charge is 0.150 e. The molecule has 0 aromatic rings. The predicted molar refractivity (Wildman–Crippen MR) is 72.2 cm³/mol. The van der Waals surface area contributed by atoms with Crippen LogP contribution in [0.5, 0.6) is 0 Å². The van der Waals surface area contributed by atoms with E-state index in [1.807, 2.05) is 0 Å². The molecule has 0 aromatic carbocycles. The molecule has 17 heavy (non-hydrogen) atoms. The first kappa shape index (κ1) is 16.9. The summed E-state index contributed by atoms with van der Waals surface area (Å²) >= 11 is 0. The van der Waals surface area contributed by atoms with Gasteiger partial charge in [0.15, 0.2) is 0 Å². The van der Waals surface area contributed by atoms with Gasteiger partial charge in [0.05, 0.1) is 18.1 Å². The van der Waals surface area contributed by atoms with Gasteiger partial charge in [-0.2, -0.15) is 0 Å². The Balaban J connectivity index is 3.39. The van der Waals surface area contributed by atoms with Crippen LogP contribution in [0.2, 0.25) is 0 Å². The fourth-order valence-electron chi connectivity index (χ4n) is 1.55. The van der Waals surface area contributed by atoms with Gasteiger partial charge in [-0.25, -0.2) is 8.42 Å². The molecule has 0 atom stereocenters. The zero-order valence-electron chi connectivity index (χ0n) is 11.2. The molecule has 4 nitrogen and oxygen atoms in total. The first-order valence-electron chi connectivity index (χ1n) is 6.52. The first-order valence-corrected chi connectivity index (χ1v) is 8.34. The normalized spacial score (nSPS) is 11.9. The number of nitrogens with one attached hydrogen (secondary N) is 1. The van der Waals surface area contributed by atoms with Crippen LogP contribution in [-0.2, 0) is 14.6 Å². The maximum Gasteiger partial charge on any atom is 0.150 e. The summed E-state index contributed by atoms with van der Waals surface area (Å²) in [6.07, 6.45) is 4.56. The average molecular weight is 265 g/mol. The van der Waals surface area contributed by atoms with Crippen LogP contribution in [0.1, 0.15) is 39.0 Å². The second kappa shape index (κ2) is 11.0. The Bertz CT molecular complexity index is 252. The molecule has 0 fully saturated rings. The molecular formula is C12H27NO3S. The Morgan fingerprint density at radius 3 is 2.24 bits per heavy atom. The van der Waals surface area contributed by atoms with Gasteiger partial charge in [-0.05, 0) is 25.8 Å². The second-order valence-corrected chi connectivity index (χ2v) is 6.61. The van der Waals surface area contributed by atoms with E-state index >= 15 is 0 Å². The minimum atomic E-state index is -2.80. The summed E-state index contributed by atoms with van der Waals surface area (Å²) in [5, 5.41) is 3.21. The fraction of sp³-hybridized carbons (Fsp3) is 1.00. The van der Waals surface area contributed by atoms with E-state index in [0.717, 1.165) is 45.2 Å². The SMILES string of the molecule is CCCCCS(=O)(=O)CCCCNCCOC. The number of hydrogen-bond donors (Lipinski definition) is 1. The van der Waals surface area contributed by atoms with Crippen LogP contribution in [0.3, 0.4) is 0 Å². The van der Waals surface area contributed by atoms with Crippen molar-refractivity contribution in [2.75, 3.05) is 38.3 Å². The maximum absolute atomic E-state index is 11.6. The molecule has 0 aliphatic heterocycles.